The zero-order valence-corrected chi connectivity index (χ0v) is 12.4. The van der Waals surface area contributed by atoms with Gasteiger partial charge in [0.2, 0.25) is 0 Å². The van der Waals surface area contributed by atoms with Gasteiger partial charge >= 0.3 is 5.97 Å². The number of halogens is 1. The van der Waals surface area contributed by atoms with Gasteiger partial charge in [-0.1, -0.05) is 62.4 Å². The number of hydrogen-bond acceptors (Lipinski definition) is 2. The summed E-state index contributed by atoms with van der Waals surface area (Å²) in [5.41, 5.74) is 1.10. The van der Waals surface area contributed by atoms with Crippen LogP contribution in [0.2, 0.25) is 0 Å². The van der Waals surface area contributed by atoms with Crippen molar-refractivity contribution < 1.29 is 14.3 Å². The fourth-order valence-corrected chi connectivity index (χ4v) is 1.32. The molecule has 0 fully saturated rings. The fraction of sp³-hybridized carbons (Fsp3) is 0.235. The summed E-state index contributed by atoms with van der Waals surface area (Å²) < 4.78 is 11.9. The van der Waals surface area contributed by atoms with Crippen LogP contribution in [0.15, 0.2) is 60.7 Å². The Balaban J connectivity index is 0.000000377. The number of aliphatic carboxylic acids is 1. The van der Waals surface area contributed by atoms with E-state index in [1.54, 1.807) is 18.2 Å². The van der Waals surface area contributed by atoms with Crippen molar-refractivity contribution in [2.24, 2.45) is 0 Å². The first-order valence-corrected chi connectivity index (χ1v) is 6.85. The Morgan fingerprint density at radius 1 is 1.00 bits per heavy atom. The van der Waals surface area contributed by atoms with E-state index in [1.165, 1.54) is 12.1 Å². The minimum atomic E-state index is -0.828. The molecule has 0 aromatic heterocycles. The Bertz CT molecular complexity index is 475. The molecule has 0 radical (unpaired) electrons. The first-order chi connectivity index (χ1) is 10.2. The van der Waals surface area contributed by atoms with E-state index in [4.69, 9.17) is 5.11 Å². The van der Waals surface area contributed by atoms with Gasteiger partial charge in [0.05, 0.1) is 6.54 Å². The molecule has 0 spiro atoms. The van der Waals surface area contributed by atoms with E-state index in [-0.39, 0.29) is 12.4 Å². The van der Waals surface area contributed by atoms with Crippen LogP contribution in [-0.2, 0) is 11.3 Å². The Hall–Kier alpha value is -2.20. The summed E-state index contributed by atoms with van der Waals surface area (Å²) in [7, 11) is 0. The standard InChI is InChI=1S/C9H11NO2.C6H5F.C2H6/c11-9(12)7-10-6-8-4-2-1-3-5-8;7-6-4-2-1-3-5-6;1-2/h1-5,10H,6-7H2,(H,11,12);1-5H;1-2H3. The minimum absolute atomic E-state index is 0.00882. The van der Waals surface area contributed by atoms with Gasteiger partial charge in [-0.2, -0.15) is 0 Å². The van der Waals surface area contributed by atoms with Gasteiger partial charge < -0.3 is 10.4 Å². The molecule has 21 heavy (non-hydrogen) atoms. The highest BCUT2D eigenvalue weighted by atomic mass is 19.1. The van der Waals surface area contributed by atoms with Gasteiger partial charge in [0.15, 0.2) is 0 Å². The van der Waals surface area contributed by atoms with E-state index in [1.807, 2.05) is 44.2 Å². The molecule has 2 N–H and O–H groups in total. The molecule has 2 rings (SSSR count). The molecule has 4 heteroatoms. The van der Waals surface area contributed by atoms with Crippen LogP contribution in [0.4, 0.5) is 4.39 Å². The average molecular weight is 291 g/mol. The molecule has 0 aliphatic carbocycles. The maximum Gasteiger partial charge on any atom is 0.317 e. The van der Waals surface area contributed by atoms with Gasteiger partial charge in [0.25, 0.3) is 0 Å². The molecule has 3 nitrogen and oxygen atoms in total. The van der Waals surface area contributed by atoms with Crippen LogP contribution in [-0.4, -0.2) is 17.6 Å². The highest BCUT2D eigenvalue weighted by Crippen LogP contribution is 1.96. The molecular formula is C17H22FNO2. The number of hydrogen-bond donors (Lipinski definition) is 2. The molecule has 0 saturated heterocycles. The lowest BCUT2D eigenvalue weighted by Gasteiger charge is -2.00. The molecule has 0 heterocycles. The van der Waals surface area contributed by atoms with Gasteiger partial charge in [-0.15, -0.1) is 0 Å². The molecule has 0 amide bonds. The average Bonchev–Trinajstić information content (AvgIpc) is 2.51. The smallest absolute Gasteiger partial charge is 0.317 e. The van der Waals surface area contributed by atoms with E-state index in [0.29, 0.717) is 6.54 Å². The monoisotopic (exact) mass is 291 g/mol. The van der Waals surface area contributed by atoms with Gasteiger partial charge in [-0.3, -0.25) is 4.79 Å². The molecule has 2 aromatic rings. The predicted octanol–water partition coefficient (Wildman–Crippen LogP) is 3.71. The minimum Gasteiger partial charge on any atom is -0.480 e. The first kappa shape index (κ1) is 18.8. The normalized spacial score (nSPS) is 8.71. The molecule has 0 aliphatic heterocycles. The molecule has 0 atom stereocenters. The van der Waals surface area contributed by atoms with Crippen LogP contribution < -0.4 is 5.32 Å². The maximum absolute atomic E-state index is 11.9. The van der Waals surface area contributed by atoms with Gasteiger partial charge in [0, 0.05) is 6.54 Å². The van der Waals surface area contributed by atoms with Crippen molar-refractivity contribution in [3.05, 3.63) is 72.0 Å². The lowest BCUT2D eigenvalue weighted by molar-refractivity contribution is -0.135. The van der Waals surface area contributed by atoms with E-state index in [2.05, 4.69) is 5.32 Å². The molecule has 0 unspecified atom stereocenters. The molecule has 0 aliphatic rings. The van der Waals surface area contributed by atoms with Crippen molar-refractivity contribution >= 4 is 5.97 Å². The van der Waals surface area contributed by atoms with Crippen molar-refractivity contribution in [1.29, 1.82) is 0 Å². The van der Waals surface area contributed by atoms with Crippen LogP contribution in [0.3, 0.4) is 0 Å². The Morgan fingerprint density at radius 3 is 1.86 bits per heavy atom. The summed E-state index contributed by atoms with van der Waals surface area (Å²) in [5.74, 6) is -1.01. The predicted molar refractivity (Wildman–Crippen MR) is 83.5 cm³/mol. The zero-order chi connectivity index (χ0) is 15.9. The number of benzene rings is 2. The molecule has 114 valence electrons. The number of rotatable bonds is 4. The quantitative estimate of drug-likeness (QED) is 0.902. The van der Waals surface area contributed by atoms with Crippen LogP contribution >= 0.6 is 0 Å². The van der Waals surface area contributed by atoms with Gasteiger partial charge in [-0.25, -0.2) is 4.39 Å². The lowest BCUT2D eigenvalue weighted by Crippen LogP contribution is -2.21. The van der Waals surface area contributed by atoms with E-state index < -0.39 is 5.97 Å². The maximum atomic E-state index is 11.9. The Kier molecular flexibility index (Phi) is 11.5. The van der Waals surface area contributed by atoms with E-state index in [0.717, 1.165) is 5.56 Å². The Morgan fingerprint density at radius 2 is 1.48 bits per heavy atom. The second-order valence-electron chi connectivity index (χ2n) is 3.78. The second kappa shape index (κ2) is 12.8. The molecular weight excluding hydrogens is 269 g/mol. The third kappa shape index (κ3) is 11.3. The van der Waals surface area contributed by atoms with Crippen molar-refractivity contribution in [2.45, 2.75) is 20.4 Å². The van der Waals surface area contributed by atoms with Gasteiger partial charge in [0.1, 0.15) is 5.82 Å². The molecule has 0 bridgehead atoms. The summed E-state index contributed by atoms with van der Waals surface area (Å²) in [6.45, 7) is 4.61. The van der Waals surface area contributed by atoms with Crippen molar-refractivity contribution in [3.63, 3.8) is 0 Å². The topological polar surface area (TPSA) is 49.3 Å². The highest BCUT2D eigenvalue weighted by molar-refractivity contribution is 5.68. The van der Waals surface area contributed by atoms with E-state index >= 15 is 0 Å². The van der Waals surface area contributed by atoms with Crippen molar-refractivity contribution in [3.8, 4) is 0 Å². The van der Waals surface area contributed by atoms with Gasteiger partial charge in [-0.05, 0) is 17.7 Å². The number of carboxylic acids is 1. The second-order valence-corrected chi connectivity index (χ2v) is 3.78. The largest absolute Gasteiger partial charge is 0.480 e. The van der Waals surface area contributed by atoms with Crippen LogP contribution in [0.1, 0.15) is 19.4 Å². The number of nitrogens with one attached hydrogen (secondary N) is 1. The summed E-state index contributed by atoms with van der Waals surface area (Å²) in [6.07, 6.45) is 0. The summed E-state index contributed by atoms with van der Waals surface area (Å²) in [4.78, 5) is 10.1. The summed E-state index contributed by atoms with van der Waals surface area (Å²) in [5, 5.41) is 11.1. The number of carbonyl (C=O) groups is 1. The summed E-state index contributed by atoms with van der Waals surface area (Å²) in [6, 6.07) is 17.6. The SMILES string of the molecule is CC.Fc1ccccc1.O=C(O)CNCc1ccccc1. The number of carboxylic acid groups (broad SMARTS) is 1. The van der Waals surface area contributed by atoms with Crippen LogP contribution in [0, 0.1) is 5.82 Å². The molecule has 2 aromatic carbocycles. The zero-order valence-electron chi connectivity index (χ0n) is 12.4. The van der Waals surface area contributed by atoms with Crippen molar-refractivity contribution in [2.75, 3.05) is 6.54 Å². The first-order valence-electron chi connectivity index (χ1n) is 6.85. The van der Waals surface area contributed by atoms with Crippen molar-refractivity contribution in [1.82, 2.24) is 5.32 Å². The third-order valence-electron chi connectivity index (χ3n) is 2.18. The van der Waals surface area contributed by atoms with Crippen LogP contribution in [0.25, 0.3) is 0 Å². The summed E-state index contributed by atoms with van der Waals surface area (Å²) >= 11 is 0. The van der Waals surface area contributed by atoms with E-state index in [9.17, 15) is 9.18 Å². The van der Waals surface area contributed by atoms with Crippen LogP contribution in [0.5, 0.6) is 0 Å². The highest BCUT2D eigenvalue weighted by Gasteiger charge is 1.94. The molecule has 0 saturated carbocycles. The Labute approximate surface area is 125 Å². The fourth-order valence-electron chi connectivity index (χ4n) is 1.32. The lowest BCUT2D eigenvalue weighted by atomic mass is 10.2. The third-order valence-corrected chi connectivity index (χ3v) is 2.18.